The van der Waals surface area contributed by atoms with Crippen LogP contribution in [0.5, 0.6) is 0 Å². The number of carbonyl (C=O) groups excluding carboxylic acids is 1. The third-order valence-corrected chi connectivity index (χ3v) is 5.14. The van der Waals surface area contributed by atoms with Crippen molar-refractivity contribution in [1.29, 1.82) is 0 Å². The molecule has 1 aliphatic carbocycles. The van der Waals surface area contributed by atoms with E-state index in [4.69, 9.17) is 9.47 Å². The molecule has 29 heavy (non-hydrogen) atoms. The van der Waals surface area contributed by atoms with Gasteiger partial charge in [0.15, 0.2) is 0 Å². The average molecular weight is 396 g/mol. The summed E-state index contributed by atoms with van der Waals surface area (Å²) < 4.78 is 11.5. The van der Waals surface area contributed by atoms with Crippen LogP contribution >= 0.6 is 0 Å². The summed E-state index contributed by atoms with van der Waals surface area (Å²) in [5.41, 5.74) is 4.42. The molecule has 0 aromatic heterocycles. The van der Waals surface area contributed by atoms with E-state index in [2.05, 4.69) is 60.8 Å². The predicted octanol–water partition coefficient (Wildman–Crippen LogP) is 6.01. The van der Waals surface area contributed by atoms with Crippen molar-refractivity contribution in [2.45, 2.75) is 77.7 Å². The van der Waals surface area contributed by atoms with Gasteiger partial charge >= 0.3 is 6.09 Å². The zero-order valence-corrected chi connectivity index (χ0v) is 18.0. The van der Waals surface area contributed by atoms with Gasteiger partial charge < -0.3 is 14.8 Å². The van der Waals surface area contributed by atoms with Crippen molar-refractivity contribution in [3.63, 3.8) is 0 Å². The van der Waals surface area contributed by atoms with Gasteiger partial charge in [-0.25, -0.2) is 4.79 Å². The summed E-state index contributed by atoms with van der Waals surface area (Å²) in [4.78, 5) is 12.0. The highest BCUT2D eigenvalue weighted by Gasteiger charge is 2.25. The van der Waals surface area contributed by atoms with E-state index in [9.17, 15) is 4.79 Å². The van der Waals surface area contributed by atoms with Crippen LogP contribution in [0.15, 0.2) is 48.5 Å². The summed E-state index contributed by atoms with van der Waals surface area (Å²) in [6.07, 6.45) is 3.73. The highest BCUT2D eigenvalue weighted by atomic mass is 16.6. The molecule has 1 saturated carbocycles. The minimum absolute atomic E-state index is 0.118. The zero-order valence-electron chi connectivity index (χ0n) is 18.0. The van der Waals surface area contributed by atoms with Gasteiger partial charge in [0, 0.05) is 6.04 Å². The van der Waals surface area contributed by atoms with Crippen LogP contribution in [-0.4, -0.2) is 23.8 Å². The molecule has 2 atom stereocenters. The Hall–Kier alpha value is -2.33. The highest BCUT2D eigenvalue weighted by Crippen LogP contribution is 2.24. The Kier molecular flexibility index (Phi) is 6.96. The molecule has 1 N–H and O–H groups in total. The van der Waals surface area contributed by atoms with Crippen molar-refractivity contribution >= 4 is 6.09 Å². The van der Waals surface area contributed by atoms with E-state index in [0.29, 0.717) is 6.61 Å². The van der Waals surface area contributed by atoms with Gasteiger partial charge in [0.1, 0.15) is 5.60 Å². The summed E-state index contributed by atoms with van der Waals surface area (Å²) >= 11 is 0. The molecule has 0 spiro atoms. The van der Waals surface area contributed by atoms with E-state index in [1.54, 1.807) is 0 Å². The van der Waals surface area contributed by atoms with E-state index in [0.717, 1.165) is 25.7 Å². The van der Waals surface area contributed by atoms with Crippen molar-refractivity contribution in [2.24, 2.45) is 0 Å². The molecule has 4 nitrogen and oxygen atoms in total. The monoisotopic (exact) mass is 395 g/mol. The zero-order chi connectivity index (χ0) is 20.9. The Morgan fingerprint density at radius 2 is 1.83 bits per heavy atom. The fourth-order valence-electron chi connectivity index (χ4n) is 3.73. The van der Waals surface area contributed by atoms with E-state index < -0.39 is 5.60 Å². The number of rotatable bonds is 5. The van der Waals surface area contributed by atoms with Gasteiger partial charge in [-0.2, -0.15) is 0 Å². The van der Waals surface area contributed by atoms with Crippen LogP contribution in [0.4, 0.5) is 4.79 Å². The number of alkyl carbamates (subject to hydrolysis) is 1. The van der Waals surface area contributed by atoms with Crippen LogP contribution in [0.25, 0.3) is 11.1 Å². The number of carbonyl (C=O) groups is 1. The van der Waals surface area contributed by atoms with Gasteiger partial charge in [-0.15, -0.1) is 0 Å². The van der Waals surface area contributed by atoms with E-state index >= 15 is 0 Å². The smallest absolute Gasteiger partial charge is 0.407 e. The summed E-state index contributed by atoms with van der Waals surface area (Å²) in [5.74, 6) is 0. The Labute approximate surface area is 174 Å². The molecular weight excluding hydrogens is 362 g/mol. The molecule has 0 heterocycles. The number of hydrogen-bond donors (Lipinski definition) is 1. The lowest BCUT2D eigenvalue weighted by molar-refractivity contribution is 0.00506. The van der Waals surface area contributed by atoms with Crippen molar-refractivity contribution < 1.29 is 14.3 Å². The molecule has 0 radical (unpaired) electrons. The van der Waals surface area contributed by atoms with E-state index in [-0.39, 0.29) is 18.2 Å². The summed E-state index contributed by atoms with van der Waals surface area (Å²) in [6.45, 7) is 8.34. The maximum atomic E-state index is 12.0. The maximum absolute atomic E-state index is 12.0. The number of aryl methyl sites for hydroxylation is 1. The Morgan fingerprint density at radius 3 is 2.52 bits per heavy atom. The minimum Gasteiger partial charge on any atom is -0.444 e. The standard InChI is InChI=1S/C25H33NO3/c1-18-7-5-8-21(15-18)20-13-11-19(12-14-20)17-28-23-10-6-9-22(16-23)26-24(27)29-25(2,3)4/h5,7-8,11-15,22-23H,6,9-10,16-17H2,1-4H3,(H,26,27). The third kappa shape index (κ3) is 6.90. The summed E-state index contributed by atoms with van der Waals surface area (Å²) in [7, 11) is 0. The first kappa shape index (κ1) is 21.4. The lowest BCUT2D eigenvalue weighted by Crippen LogP contribution is -2.42. The molecule has 2 aromatic rings. The van der Waals surface area contributed by atoms with Crippen LogP contribution in [0, 0.1) is 6.92 Å². The van der Waals surface area contributed by atoms with Crippen LogP contribution in [0.1, 0.15) is 57.6 Å². The Morgan fingerprint density at radius 1 is 1.07 bits per heavy atom. The van der Waals surface area contributed by atoms with Crippen molar-refractivity contribution in [1.82, 2.24) is 5.32 Å². The number of nitrogens with one attached hydrogen (secondary N) is 1. The first-order valence-corrected chi connectivity index (χ1v) is 10.6. The van der Waals surface area contributed by atoms with Crippen molar-refractivity contribution in [2.75, 3.05) is 0 Å². The van der Waals surface area contributed by atoms with Crippen LogP contribution < -0.4 is 5.32 Å². The second-order valence-corrected chi connectivity index (χ2v) is 9.01. The van der Waals surface area contributed by atoms with E-state index in [1.165, 1.54) is 22.3 Å². The van der Waals surface area contributed by atoms with Gasteiger partial charge in [-0.1, -0.05) is 54.1 Å². The van der Waals surface area contributed by atoms with Gasteiger partial charge in [0.25, 0.3) is 0 Å². The van der Waals surface area contributed by atoms with Gasteiger partial charge in [-0.3, -0.25) is 0 Å². The molecule has 1 fully saturated rings. The molecule has 1 aliphatic rings. The Balaban J connectivity index is 1.49. The quantitative estimate of drug-likeness (QED) is 0.674. The summed E-state index contributed by atoms with van der Waals surface area (Å²) in [6, 6.07) is 17.2. The van der Waals surface area contributed by atoms with E-state index in [1.807, 2.05) is 20.8 Å². The van der Waals surface area contributed by atoms with Crippen molar-refractivity contribution in [3.8, 4) is 11.1 Å². The molecule has 156 valence electrons. The van der Waals surface area contributed by atoms with Crippen molar-refractivity contribution in [3.05, 3.63) is 59.7 Å². The SMILES string of the molecule is Cc1cccc(-c2ccc(COC3CCCC(NC(=O)OC(C)(C)C)C3)cc2)c1. The molecule has 2 unspecified atom stereocenters. The first-order valence-electron chi connectivity index (χ1n) is 10.6. The number of amides is 1. The highest BCUT2D eigenvalue weighted by molar-refractivity contribution is 5.68. The van der Waals surface area contributed by atoms with Crippen LogP contribution in [0.2, 0.25) is 0 Å². The number of benzene rings is 2. The third-order valence-electron chi connectivity index (χ3n) is 5.14. The topological polar surface area (TPSA) is 47.6 Å². The molecule has 0 saturated heterocycles. The van der Waals surface area contributed by atoms with Crippen LogP contribution in [0.3, 0.4) is 0 Å². The normalized spacial score (nSPS) is 19.6. The first-order chi connectivity index (χ1) is 13.8. The summed E-state index contributed by atoms with van der Waals surface area (Å²) in [5, 5.41) is 2.99. The Bertz CT molecular complexity index is 808. The van der Waals surface area contributed by atoms with Gasteiger partial charge in [-0.05, 0) is 70.1 Å². The molecule has 0 bridgehead atoms. The lowest BCUT2D eigenvalue weighted by atomic mass is 9.93. The average Bonchev–Trinajstić information content (AvgIpc) is 2.65. The molecule has 4 heteroatoms. The van der Waals surface area contributed by atoms with Gasteiger partial charge in [0.05, 0.1) is 12.7 Å². The second kappa shape index (κ2) is 9.45. The molecule has 1 amide bonds. The fourth-order valence-corrected chi connectivity index (χ4v) is 3.73. The molecular formula is C25H33NO3. The lowest BCUT2D eigenvalue weighted by Gasteiger charge is -2.30. The van der Waals surface area contributed by atoms with Gasteiger partial charge in [0.2, 0.25) is 0 Å². The molecule has 2 aromatic carbocycles. The minimum atomic E-state index is -0.473. The number of hydrogen-bond acceptors (Lipinski definition) is 3. The fraction of sp³-hybridized carbons (Fsp3) is 0.480. The molecule has 3 rings (SSSR count). The largest absolute Gasteiger partial charge is 0.444 e. The molecule has 0 aliphatic heterocycles. The maximum Gasteiger partial charge on any atom is 0.407 e. The predicted molar refractivity (Wildman–Crippen MR) is 117 cm³/mol. The van der Waals surface area contributed by atoms with Crippen LogP contribution in [-0.2, 0) is 16.1 Å². The number of ether oxygens (including phenoxy) is 2. The second-order valence-electron chi connectivity index (χ2n) is 9.01.